The summed E-state index contributed by atoms with van der Waals surface area (Å²) < 4.78 is 0. The number of hydrogen-bond donors (Lipinski definition) is 3. The summed E-state index contributed by atoms with van der Waals surface area (Å²) in [5.41, 5.74) is -0.193. The van der Waals surface area contributed by atoms with Gasteiger partial charge in [0, 0.05) is 19.1 Å². The highest BCUT2D eigenvalue weighted by Crippen LogP contribution is 2.32. The summed E-state index contributed by atoms with van der Waals surface area (Å²) in [5, 5.41) is 16.0. The molecule has 1 aliphatic heterocycles. The highest BCUT2D eigenvalue weighted by molar-refractivity contribution is 5.68. The average molecular weight is 254 g/mol. The van der Waals surface area contributed by atoms with E-state index in [1.165, 1.54) is 25.7 Å². The van der Waals surface area contributed by atoms with Crippen LogP contribution in [0.15, 0.2) is 0 Å². The fraction of sp³-hybridized carbons (Fsp3) is 0.929. The normalized spacial score (nSPS) is 31.1. The lowest BCUT2D eigenvalue weighted by molar-refractivity contribution is -0.139. The van der Waals surface area contributed by atoms with Gasteiger partial charge >= 0.3 is 5.97 Å². The lowest BCUT2D eigenvalue weighted by Gasteiger charge is -2.48. The molecule has 0 aromatic rings. The number of rotatable bonds is 5. The maximum atomic E-state index is 11.0. The van der Waals surface area contributed by atoms with Gasteiger partial charge in [0.2, 0.25) is 0 Å². The van der Waals surface area contributed by atoms with E-state index in [1.54, 1.807) is 0 Å². The minimum absolute atomic E-state index is 0.193. The maximum Gasteiger partial charge on any atom is 0.305 e. The van der Waals surface area contributed by atoms with Crippen molar-refractivity contribution < 1.29 is 9.90 Å². The molecule has 4 nitrogen and oxygen atoms in total. The second-order valence-electron chi connectivity index (χ2n) is 6.40. The van der Waals surface area contributed by atoms with Crippen molar-refractivity contribution in [2.75, 3.05) is 13.1 Å². The summed E-state index contributed by atoms with van der Waals surface area (Å²) in [5.74, 6) is 0.684. The Balaban J connectivity index is 1.98. The molecule has 2 atom stereocenters. The first-order chi connectivity index (χ1) is 8.52. The predicted molar refractivity (Wildman–Crippen MR) is 71.6 cm³/mol. The number of carboxylic acid groups (broad SMARTS) is 1. The van der Waals surface area contributed by atoms with Crippen LogP contribution >= 0.6 is 0 Å². The van der Waals surface area contributed by atoms with Gasteiger partial charge in [-0.3, -0.25) is 4.79 Å². The van der Waals surface area contributed by atoms with Crippen molar-refractivity contribution in [1.29, 1.82) is 0 Å². The van der Waals surface area contributed by atoms with Crippen LogP contribution in [0.4, 0.5) is 0 Å². The summed E-state index contributed by atoms with van der Waals surface area (Å²) in [7, 11) is 0. The van der Waals surface area contributed by atoms with Crippen molar-refractivity contribution in [2.45, 2.75) is 57.5 Å². The van der Waals surface area contributed by atoms with Crippen LogP contribution in [-0.4, -0.2) is 35.7 Å². The van der Waals surface area contributed by atoms with Gasteiger partial charge in [0.15, 0.2) is 0 Å². The number of hydrogen-bond acceptors (Lipinski definition) is 3. The lowest BCUT2D eigenvalue weighted by atomic mass is 9.75. The van der Waals surface area contributed by atoms with E-state index in [9.17, 15) is 4.79 Å². The molecule has 2 rings (SSSR count). The van der Waals surface area contributed by atoms with Gasteiger partial charge in [-0.25, -0.2) is 0 Å². The molecule has 0 spiro atoms. The van der Waals surface area contributed by atoms with Gasteiger partial charge in [-0.1, -0.05) is 26.7 Å². The Hall–Kier alpha value is -0.610. The van der Waals surface area contributed by atoms with Gasteiger partial charge in [0.05, 0.1) is 12.0 Å². The molecule has 0 amide bonds. The Labute approximate surface area is 110 Å². The van der Waals surface area contributed by atoms with E-state index in [1.807, 2.05) is 0 Å². The third-order valence-corrected chi connectivity index (χ3v) is 4.58. The Morgan fingerprint density at radius 3 is 2.56 bits per heavy atom. The summed E-state index contributed by atoms with van der Waals surface area (Å²) in [6.45, 7) is 6.16. The van der Waals surface area contributed by atoms with Gasteiger partial charge in [0.25, 0.3) is 0 Å². The predicted octanol–water partition coefficient (Wildman–Crippen LogP) is 1.61. The summed E-state index contributed by atoms with van der Waals surface area (Å²) in [4.78, 5) is 11.0. The molecule has 0 radical (unpaired) electrons. The smallest absolute Gasteiger partial charge is 0.305 e. The minimum Gasteiger partial charge on any atom is -0.481 e. The largest absolute Gasteiger partial charge is 0.481 e. The number of nitrogens with one attached hydrogen (secondary N) is 2. The van der Waals surface area contributed by atoms with Crippen LogP contribution in [0.5, 0.6) is 0 Å². The molecule has 1 heterocycles. The van der Waals surface area contributed by atoms with Crippen molar-refractivity contribution in [3.05, 3.63) is 0 Å². The third kappa shape index (κ3) is 3.04. The zero-order chi connectivity index (χ0) is 13.2. The third-order valence-electron chi connectivity index (χ3n) is 4.58. The van der Waals surface area contributed by atoms with Crippen molar-refractivity contribution in [3.63, 3.8) is 0 Å². The molecule has 1 saturated carbocycles. The Morgan fingerprint density at radius 1 is 1.39 bits per heavy atom. The van der Waals surface area contributed by atoms with E-state index in [0.717, 1.165) is 13.1 Å². The molecular formula is C14H26N2O2. The second-order valence-corrected chi connectivity index (χ2v) is 6.40. The van der Waals surface area contributed by atoms with E-state index in [0.29, 0.717) is 17.9 Å². The molecule has 4 heteroatoms. The fourth-order valence-corrected chi connectivity index (χ4v) is 3.52. The zero-order valence-electron chi connectivity index (χ0n) is 11.5. The van der Waals surface area contributed by atoms with Crippen LogP contribution in [0.25, 0.3) is 0 Å². The van der Waals surface area contributed by atoms with Gasteiger partial charge in [0.1, 0.15) is 0 Å². The van der Waals surface area contributed by atoms with Gasteiger partial charge in [-0.2, -0.15) is 0 Å². The van der Waals surface area contributed by atoms with Gasteiger partial charge < -0.3 is 15.7 Å². The molecule has 3 N–H and O–H groups in total. The highest BCUT2D eigenvalue weighted by atomic mass is 16.4. The van der Waals surface area contributed by atoms with Crippen molar-refractivity contribution >= 4 is 5.97 Å². The first-order valence-electron chi connectivity index (χ1n) is 7.23. The van der Waals surface area contributed by atoms with Crippen molar-refractivity contribution in [1.82, 2.24) is 10.6 Å². The van der Waals surface area contributed by atoms with Crippen LogP contribution in [0.3, 0.4) is 0 Å². The highest BCUT2D eigenvalue weighted by Gasteiger charge is 2.42. The van der Waals surface area contributed by atoms with Crippen LogP contribution in [0.1, 0.15) is 46.0 Å². The molecule has 2 aliphatic rings. The van der Waals surface area contributed by atoms with E-state index in [2.05, 4.69) is 24.5 Å². The summed E-state index contributed by atoms with van der Waals surface area (Å²) in [6.07, 6.45) is 5.32. The molecular weight excluding hydrogens is 228 g/mol. The topological polar surface area (TPSA) is 61.4 Å². The van der Waals surface area contributed by atoms with Crippen molar-refractivity contribution in [3.8, 4) is 0 Å². The van der Waals surface area contributed by atoms with Gasteiger partial charge in [-0.05, 0) is 24.7 Å². The minimum atomic E-state index is -0.694. The molecule has 0 aromatic heterocycles. The monoisotopic (exact) mass is 254 g/mol. The lowest BCUT2D eigenvalue weighted by Crippen LogP contribution is -2.71. The molecule has 2 unspecified atom stereocenters. The number of carbonyl (C=O) groups is 1. The molecule has 104 valence electrons. The average Bonchev–Trinajstić information content (AvgIpc) is 2.26. The van der Waals surface area contributed by atoms with Crippen LogP contribution in [-0.2, 0) is 4.79 Å². The Morgan fingerprint density at radius 2 is 2.06 bits per heavy atom. The van der Waals surface area contributed by atoms with E-state index in [4.69, 9.17) is 5.11 Å². The summed E-state index contributed by atoms with van der Waals surface area (Å²) in [6, 6.07) is 0.500. The molecule has 0 aromatic carbocycles. The standard InChI is InChI=1S/C14H26N2O2/c1-10(2)11-5-3-4-6-12(11)16-14(7-13(17)18)8-15-9-14/h10-12,15-16H,3-9H2,1-2H3,(H,17,18). The summed E-state index contributed by atoms with van der Waals surface area (Å²) >= 11 is 0. The SMILES string of the molecule is CC(C)C1CCCCC1NC1(CC(=O)O)CNC1. The molecule has 0 bridgehead atoms. The zero-order valence-corrected chi connectivity index (χ0v) is 11.5. The number of carboxylic acids is 1. The molecule has 18 heavy (non-hydrogen) atoms. The van der Waals surface area contributed by atoms with E-state index >= 15 is 0 Å². The molecule has 2 fully saturated rings. The Kier molecular flexibility index (Phi) is 4.28. The quantitative estimate of drug-likeness (QED) is 0.697. The first-order valence-corrected chi connectivity index (χ1v) is 7.23. The molecule has 1 saturated heterocycles. The first kappa shape index (κ1) is 13.8. The van der Waals surface area contributed by atoms with E-state index in [-0.39, 0.29) is 12.0 Å². The van der Waals surface area contributed by atoms with Crippen molar-refractivity contribution in [2.24, 2.45) is 11.8 Å². The number of aliphatic carboxylic acids is 1. The van der Waals surface area contributed by atoms with Crippen LogP contribution < -0.4 is 10.6 Å². The molecule has 1 aliphatic carbocycles. The second kappa shape index (κ2) is 5.57. The fourth-order valence-electron chi connectivity index (χ4n) is 3.52. The van der Waals surface area contributed by atoms with Crippen LogP contribution in [0.2, 0.25) is 0 Å². The van der Waals surface area contributed by atoms with E-state index < -0.39 is 5.97 Å². The maximum absolute atomic E-state index is 11.0. The Bertz CT molecular complexity index is 300. The van der Waals surface area contributed by atoms with Crippen LogP contribution in [0, 0.1) is 11.8 Å². The van der Waals surface area contributed by atoms with Gasteiger partial charge in [-0.15, -0.1) is 0 Å².